The summed E-state index contributed by atoms with van der Waals surface area (Å²) in [5.74, 6) is -1.72. The van der Waals surface area contributed by atoms with Gasteiger partial charge in [-0.25, -0.2) is 4.99 Å². The van der Waals surface area contributed by atoms with Crippen molar-refractivity contribution in [3.63, 3.8) is 0 Å². The van der Waals surface area contributed by atoms with Crippen molar-refractivity contribution in [3.05, 3.63) is 50.5 Å². The number of thioether (sulfide) groups is 1. The Morgan fingerprint density at radius 3 is 2.67 bits per heavy atom. The number of para-hydroxylation sites is 1. The summed E-state index contributed by atoms with van der Waals surface area (Å²) >= 11 is 0.931. The Balaban J connectivity index is 2.78. The summed E-state index contributed by atoms with van der Waals surface area (Å²) in [6.45, 7) is 3.05. The van der Waals surface area contributed by atoms with Crippen LogP contribution in [0.2, 0.25) is 0 Å². The van der Waals surface area contributed by atoms with Crippen LogP contribution in [0.4, 0.5) is 5.69 Å². The Morgan fingerprint density at radius 1 is 1.46 bits per heavy atom. The largest absolute Gasteiger partial charge is 0.299 e. The smallest absolute Gasteiger partial charge is 0.273 e. The molecule has 0 aliphatic carbocycles. The first-order chi connectivity index (χ1) is 11.4. The van der Waals surface area contributed by atoms with Crippen molar-refractivity contribution in [2.24, 2.45) is 10.9 Å². The van der Waals surface area contributed by atoms with E-state index in [4.69, 9.17) is 6.42 Å². The van der Waals surface area contributed by atoms with Gasteiger partial charge in [0.25, 0.3) is 5.69 Å². The fourth-order valence-corrected chi connectivity index (χ4v) is 3.45. The average molecular weight is 339 g/mol. The molecule has 120 valence electrons. The molecule has 0 saturated carbocycles. The number of terminal acetylenes is 1. The molecule has 2 rings (SSSR count). The maximum atomic E-state index is 12.2. The number of carbonyl (C=O) groups is 1. The van der Waals surface area contributed by atoms with E-state index in [0.29, 0.717) is 16.3 Å². The molecule has 0 saturated heterocycles. The molecule has 1 unspecified atom stereocenters. The zero-order valence-corrected chi connectivity index (χ0v) is 13.8. The van der Waals surface area contributed by atoms with Gasteiger partial charge in [-0.15, -0.1) is 6.42 Å². The van der Waals surface area contributed by atoms with E-state index in [1.54, 1.807) is 25.1 Å². The Bertz CT molecular complexity index is 859. The molecule has 0 fully saturated rings. The molecule has 1 aromatic rings. The highest BCUT2D eigenvalue weighted by Gasteiger charge is 2.40. The Kier molecular flexibility index (Phi) is 5.18. The van der Waals surface area contributed by atoms with Crippen LogP contribution < -0.4 is 0 Å². The van der Waals surface area contributed by atoms with Crippen LogP contribution in [0, 0.1) is 39.0 Å². The van der Waals surface area contributed by atoms with E-state index in [9.17, 15) is 20.2 Å². The highest BCUT2D eigenvalue weighted by Crippen LogP contribution is 2.44. The minimum Gasteiger partial charge on any atom is -0.299 e. The minimum atomic E-state index is -0.776. The topological polar surface area (TPSA) is 96.4 Å². The summed E-state index contributed by atoms with van der Waals surface area (Å²) in [7, 11) is 0. The lowest BCUT2D eigenvalue weighted by Crippen LogP contribution is -2.31. The lowest BCUT2D eigenvalue weighted by molar-refractivity contribution is -0.385. The lowest BCUT2D eigenvalue weighted by Gasteiger charge is -2.29. The second-order valence-electron chi connectivity index (χ2n) is 5.19. The zero-order valence-electron chi connectivity index (χ0n) is 13.0. The first-order valence-corrected chi connectivity index (χ1v) is 7.79. The number of nitrogens with zero attached hydrogens (tertiary/aromatic N) is 3. The zero-order chi connectivity index (χ0) is 17.9. The lowest BCUT2D eigenvalue weighted by atomic mass is 9.75. The van der Waals surface area contributed by atoms with E-state index in [1.807, 2.05) is 6.07 Å². The summed E-state index contributed by atoms with van der Waals surface area (Å²) in [4.78, 5) is 27.3. The molecule has 0 N–H and O–H groups in total. The molecule has 0 bridgehead atoms. The number of benzene rings is 1. The normalized spacial score (nSPS) is 19.9. The predicted octanol–water partition coefficient (Wildman–Crippen LogP) is 3.42. The third kappa shape index (κ3) is 3.08. The van der Waals surface area contributed by atoms with Gasteiger partial charge in [0, 0.05) is 23.3 Å². The number of nitriles is 1. The molecule has 6 nitrogen and oxygen atoms in total. The number of nitro benzene ring substituents is 1. The predicted molar refractivity (Wildman–Crippen MR) is 92.2 cm³/mol. The molecule has 0 amide bonds. The highest BCUT2D eigenvalue weighted by molar-refractivity contribution is 8.07. The van der Waals surface area contributed by atoms with Crippen LogP contribution in [-0.4, -0.2) is 16.4 Å². The van der Waals surface area contributed by atoms with E-state index in [2.05, 4.69) is 10.2 Å². The quantitative estimate of drug-likeness (QED) is 0.476. The average Bonchev–Trinajstić information content (AvgIpc) is 2.54. The number of allylic oxidation sites excluding steroid dienone is 1. The van der Waals surface area contributed by atoms with Crippen LogP contribution >= 0.6 is 11.8 Å². The summed E-state index contributed by atoms with van der Waals surface area (Å²) in [6.07, 6.45) is 5.30. The van der Waals surface area contributed by atoms with E-state index in [1.165, 1.54) is 13.0 Å². The molecular formula is C17H13N3O3S. The fraction of sp³-hybridized carbons (Fsp3) is 0.235. The molecule has 0 spiro atoms. The number of hydrogen-bond donors (Lipinski definition) is 0. The third-order valence-corrected chi connectivity index (χ3v) is 4.41. The number of nitro groups is 1. The fourth-order valence-electron chi connectivity index (χ4n) is 2.86. The van der Waals surface area contributed by atoms with Gasteiger partial charge < -0.3 is 0 Å². The van der Waals surface area contributed by atoms with Crippen molar-refractivity contribution in [2.45, 2.75) is 19.8 Å². The molecule has 1 aliphatic heterocycles. The molecule has 1 aromatic carbocycles. The minimum absolute atomic E-state index is 0.138. The number of ketones is 1. The third-order valence-electron chi connectivity index (χ3n) is 3.79. The number of carbonyl (C=O) groups excluding carboxylic acids is 1. The van der Waals surface area contributed by atoms with Crippen LogP contribution in [0.25, 0.3) is 0 Å². The van der Waals surface area contributed by atoms with Crippen molar-refractivity contribution in [1.29, 1.82) is 5.26 Å². The van der Waals surface area contributed by atoms with Gasteiger partial charge >= 0.3 is 0 Å². The Labute approximate surface area is 143 Å². The van der Waals surface area contributed by atoms with Crippen LogP contribution in [0.15, 0.2) is 39.9 Å². The van der Waals surface area contributed by atoms with Crippen molar-refractivity contribution < 1.29 is 9.72 Å². The summed E-state index contributed by atoms with van der Waals surface area (Å²) in [5.41, 5.74) is 0.838. The van der Waals surface area contributed by atoms with Gasteiger partial charge in [0.2, 0.25) is 0 Å². The first-order valence-electron chi connectivity index (χ1n) is 6.98. The van der Waals surface area contributed by atoms with Gasteiger partial charge in [0.1, 0.15) is 10.8 Å². The molecule has 24 heavy (non-hydrogen) atoms. The summed E-state index contributed by atoms with van der Waals surface area (Å²) in [6, 6.07) is 8.15. The maximum absolute atomic E-state index is 12.2. The molecule has 1 aliphatic rings. The van der Waals surface area contributed by atoms with Gasteiger partial charge in [-0.2, -0.15) is 5.26 Å². The number of hydrogen-bond acceptors (Lipinski definition) is 6. The molecule has 2 atom stereocenters. The standard InChI is InChI=1S/C17H13N3O3S/c1-4-24-17-13(9-18)16(15(11(3)21)10(2)19-17)12-7-5-6-8-14(12)20(22)23/h1,5-8,15-16H,2-3H3/t15?,16-/m0/s1. The van der Waals surface area contributed by atoms with Gasteiger partial charge in [0.05, 0.1) is 22.5 Å². The van der Waals surface area contributed by atoms with Crippen LogP contribution in [0.3, 0.4) is 0 Å². The second kappa shape index (κ2) is 7.12. The number of Topliss-reactive ketones (excluding diaryl/α,β-unsaturated/α-hetero) is 1. The van der Waals surface area contributed by atoms with E-state index in [-0.39, 0.29) is 17.0 Å². The van der Waals surface area contributed by atoms with E-state index < -0.39 is 16.8 Å². The number of aliphatic imine (C=N–C) groups is 1. The van der Waals surface area contributed by atoms with Crippen molar-refractivity contribution >= 4 is 28.9 Å². The SMILES string of the molecule is C#CSC1=C(C#N)[C@H](c2ccccc2[N+](=O)[O-])C(C(C)=O)C(C)=N1. The van der Waals surface area contributed by atoms with Crippen LogP contribution in [-0.2, 0) is 4.79 Å². The molecule has 0 aromatic heterocycles. The van der Waals surface area contributed by atoms with Gasteiger partial charge in [-0.05, 0) is 30.9 Å². The van der Waals surface area contributed by atoms with E-state index in [0.717, 1.165) is 11.8 Å². The summed E-state index contributed by atoms with van der Waals surface area (Å²) in [5, 5.41) is 23.6. The second-order valence-corrected chi connectivity index (χ2v) is 6.01. The highest BCUT2D eigenvalue weighted by atomic mass is 32.2. The number of rotatable bonds is 4. The van der Waals surface area contributed by atoms with Crippen LogP contribution in [0.1, 0.15) is 25.3 Å². The summed E-state index contributed by atoms with van der Waals surface area (Å²) < 4.78 is 0. The van der Waals surface area contributed by atoms with Gasteiger partial charge in [0.15, 0.2) is 0 Å². The van der Waals surface area contributed by atoms with Crippen molar-refractivity contribution in [2.75, 3.05) is 0 Å². The molecule has 0 radical (unpaired) electrons. The Morgan fingerprint density at radius 2 is 2.12 bits per heavy atom. The first kappa shape index (κ1) is 17.5. The molecular weight excluding hydrogens is 326 g/mol. The maximum Gasteiger partial charge on any atom is 0.273 e. The van der Waals surface area contributed by atoms with Gasteiger partial charge in [-0.1, -0.05) is 18.2 Å². The van der Waals surface area contributed by atoms with Crippen molar-refractivity contribution in [1.82, 2.24) is 0 Å². The molecule has 1 heterocycles. The molecule has 7 heteroatoms. The van der Waals surface area contributed by atoms with Crippen LogP contribution in [0.5, 0.6) is 0 Å². The van der Waals surface area contributed by atoms with Crippen molar-refractivity contribution in [3.8, 4) is 17.7 Å². The van der Waals surface area contributed by atoms with Gasteiger partial charge in [-0.3, -0.25) is 14.9 Å². The Hall–Kier alpha value is -2.90. The van der Waals surface area contributed by atoms with E-state index >= 15 is 0 Å². The monoisotopic (exact) mass is 339 g/mol.